The molecule has 1 aliphatic heterocycles. The van der Waals surface area contributed by atoms with Crippen molar-refractivity contribution in [1.29, 1.82) is 0 Å². The van der Waals surface area contributed by atoms with E-state index in [2.05, 4.69) is 32.6 Å². The number of nitrogens with zero attached hydrogens (tertiary/aromatic N) is 1. The number of allylic oxidation sites excluding steroid dienone is 4. The predicted octanol–water partition coefficient (Wildman–Crippen LogP) is 9.34. The second-order valence-corrected chi connectivity index (χ2v) is 15.1. The van der Waals surface area contributed by atoms with E-state index in [1.807, 2.05) is 49.4 Å². The Kier molecular flexibility index (Phi) is 8.47. The average Bonchev–Trinajstić information content (AvgIpc) is 2.95. The molecule has 3 aliphatic carbocycles. The predicted molar refractivity (Wildman–Crippen MR) is 175 cm³/mol. The molecule has 0 atom stereocenters. The minimum atomic E-state index is -0.399. The van der Waals surface area contributed by atoms with Crippen LogP contribution in [0.3, 0.4) is 0 Å². The van der Waals surface area contributed by atoms with E-state index >= 15 is 0 Å². The highest BCUT2D eigenvalue weighted by atomic mass is 35.5. The van der Waals surface area contributed by atoms with Crippen LogP contribution in [-0.2, 0) is 16.2 Å². The second kappa shape index (κ2) is 12.0. The molecule has 2 aromatic rings. The summed E-state index contributed by atoms with van der Waals surface area (Å²) >= 11 is 6.39. The molecule has 1 saturated carbocycles. The van der Waals surface area contributed by atoms with Gasteiger partial charge in [0.1, 0.15) is 6.61 Å². The third kappa shape index (κ3) is 5.97. The van der Waals surface area contributed by atoms with Gasteiger partial charge in [-0.15, -0.1) is 0 Å². The van der Waals surface area contributed by atoms with Gasteiger partial charge in [0.25, 0.3) is 0 Å². The van der Waals surface area contributed by atoms with Crippen molar-refractivity contribution in [1.82, 2.24) is 4.90 Å². The van der Waals surface area contributed by atoms with Crippen molar-refractivity contribution in [2.45, 2.75) is 111 Å². The molecular weight excluding hydrogens is 570 g/mol. The highest BCUT2D eigenvalue weighted by Crippen LogP contribution is 2.56. The molecule has 0 spiro atoms. The summed E-state index contributed by atoms with van der Waals surface area (Å²) in [6.07, 6.45) is 8.50. The molecule has 4 aliphatic rings. The Morgan fingerprint density at radius 2 is 1.41 bits per heavy atom. The topological polar surface area (TPSA) is 55.8 Å². The summed E-state index contributed by atoms with van der Waals surface area (Å²) in [5, 5.41) is 0.656. The second-order valence-electron chi connectivity index (χ2n) is 14.7. The summed E-state index contributed by atoms with van der Waals surface area (Å²) in [4.78, 5) is 31.0. The maximum absolute atomic E-state index is 14.2. The number of halogens is 1. The summed E-state index contributed by atoms with van der Waals surface area (Å²) in [5.74, 6) is 1.17. The Hall–Kier alpha value is -3.05. The molecule has 0 aromatic heterocycles. The number of Topliss-reactive ketones (excluding diaryl/α,β-unsaturated/α-hetero) is 2. The molecule has 6 rings (SSSR count). The van der Waals surface area contributed by atoms with Gasteiger partial charge >= 0.3 is 0 Å². The summed E-state index contributed by atoms with van der Waals surface area (Å²) in [5.41, 5.74) is 5.52. The molecule has 0 amide bonds. The van der Waals surface area contributed by atoms with E-state index in [1.54, 1.807) is 0 Å². The fourth-order valence-electron chi connectivity index (χ4n) is 7.97. The molecule has 0 radical (unpaired) electrons. The number of ether oxygens (including phenoxy) is 2. The zero-order chi connectivity index (χ0) is 31.2. The smallest absolute Gasteiger partial charge is 0.162 e. The van der Waals surface area contributed by atoms with Gasteiger partial charge in [0, 0.05) is 57.9 Å². The van der Waals surface area contributed by atoms with Gasteiger partial charge in [0.15, 0.2) is 23.1 Å². The number of benzene rings is 2. The van der Waals surface area contributed by atoms with Gasteiger partial charge < -0.3 is 14.4 Å². The van der Waals surface area contributed by atoms with Crippen molar-refractivity contribution in [3.8, 4) is 11.5 Å². The first kappa shape index (κ1) is 31.0. The summed E-state index contributed by atoms with van der Waals surface area (Å²) in [6, 6.07) is 13.9. The maximum atomic E-state index is 14.2. The van der Waals surface area contributed by atoms with Crippen molar-refractivity contribution in [2.24, 2.45) is 10.8 Å². The van der Waals surface area contributed by atoms with Crippen LogP contribution >= 0.6 is 11.6 Å². The van der Waals surface area contributed by atoms with Crippen LogP contribution in [0.4, 0.5) is 0 Å². The zero-order valence-corrected chi connectivity index (χ0v) is 27.7. The third-order valence-electron chi connectivity index (χ3n) is 9.83. The quantitative estimate of drug-likeness (QED) is 0.311. The molecule has 44 heavy (non-hydrogen) atoms. The Morgan fingerprint density at radius 1 is 0.795 bits per heavy atom. The molecule has 2 aromatic carbocycles. The van der Waals surface area contributed by atoms with E-state index in [4.69, 9.17) is 21.1 Å². The largest absolute Gasteiger partial charge is 0.490 e. The van der Waals surface area contributed by atoms with Gasteiger partial charge in [-0.3, -0.25) is 9.59 Å². The number of hydrogen-bond donors (Lipinski definition) is 0. The molecule has 0 bridgehead atoms. The molecule has 5 nitrogen and oxygen atoms in total. The lowest BCUT2D eigenvalue weighted by atomic mass is 9.63. The standard InChI is InChI=1S/C38H46ClNO4/c1-6-43-33-18-24(16-17-32(33)44-23-25-12-10-11-15-27(25)39)34-35-28(19-37(2,3)21-30(35)41)40(26-13-8-7-9-14-26)29-20-38(4,5)22-31(42)36(29)34/h10-12,15-18,26,34H,6-9,13-14,19-23H2,1-5H3. The van der Waals surface area contributed by atoms with Gasteiger partial charge in [-0.1, -0.05) is 82.8 Å². The van der Waals surface area contributed by atoms with Crippen LogP contribution in [0.2, 0.25) is 5.02 Å². The SMILES string of the molecule is CCOc1cc(C2C3=C(CC(C)(C)CC3=O)N(C3CCCCC3)C3=C2C(=O)CC(C)(C)C3)ccc1OCc1ccccc1Cl. The van der Waals surface area contributed by atoms with E-state index in [1.165, 1.54) is 19.3 Å². The first-order valence-electron chi connectivity index (χ1n) is 16.4. The molecule has 234 valence electrons. The van der Waals surface area contributed by atoms with E-state index < -0.39 is 5.92 Å². The molecule has 6 heteroatoms. The minimum Gasteiger partial charge on any atom is -0.490 e. The highest BCUT2D eigenvalue weighted by molar-refractivity contribution is 6.31. The zero-order valence-electron chi connectivity index (χ0n) is 26.9. The van der Waals surface area contributed by atoms with E-state index in [0.29, 0.717) is 48.6 Å². The van der Waals surface area contributed by atoms with Gasteiger partial charge in [0.05, 0.1) is 6.61 Å². The lowest BCUT2D eigenvalue weighted by Crippen LogP contribution is -2.48. The Morgan fingerprint density at radius 3 is 2.00 bits per heavy atom. The van der Waals surface area contributed by atoms with Gasteiger partial charge in [0.2, 0.25) is 0 Å². The number of hydrogen-bond acceptors (Lipinski definition) is 5. The van der Waals surface area contributed by atoms with Crippen molar-refractivity contribution in [2.75, 3.05) is 6.61 Å². The number of carbonyl (C=O) groups is 2. The van der Waals surface area contributed by atoms with Crippen molar-refractivity contribution < 1.29 is 19.1 Å². The summed E-state index contributed by atoms with van der Waals surface area (Å²) < 4.78 is 12.4. The third-order valence-corrected chi connectivity index (χ3v) is 10.2. The van der Waals surface area contributed by atoms with E-state index in [0.717, 1.165) is 59.4 Å². The van der Waals surface area contributed by atoms with Gasteiger partial charge in [-0.05, 0) is 67.2 Å². The molecular formula is C38H46ClNO4. The van der Waals surface area contributed by atoms with Crippen LogP contribution < -0.4 is 9.47 Å². The molecule has 1 heterocycles. The highest BCUT2D eigenvalue weighted by Gasteiger charge is 2.50. The fourth-order valence-corrected chi connectivity index (χ4v) is 8.16. The molecule has 0 unspecified atom stereocenters. The molecule has 1 fully saturated rings. The van der Waals surface area contributed by atoms with Crippen molar-refractivity contribution >= 4 is 23.2 Å². The fraction of sp³-hybridized carbons (Fsp3) is 0.526. The first-order chi connectivity index (χ1) is 21.0. The van der Waals surface area contributed by atoms with Crippen LogP contribution in [0.5, 0.6) is 11.5 Å². The van der Waals surface area contributed by atoms with Gasteiger partial charge in [-0.25, -0.2) is 0 Å². The van der Waals surface area contributed by atoms with Gasteiger partial charge in [-0.2, -0.15) is 0 Å². The number of ketones is 2. The van der Waals surface area contributed by atoms with E-state index in [-0.39, 0.29) is 22.4 Å². The van der Waals surface area contributed by atoms with Crippen molar-refractivity contribution in [3.63, 3.8) is 0 Å². The van der Waals surface area contributed by atoms with Crippen LogP contribution in [0.1, 0.15) is 109 Å². The maximum Gasteiger partial charge on any atom is 0.162 e. The Balaban J connectivity index is 1.49. The van der Waals surface area contributed by atoms with Crippen LogP contribution in [0, 0.1) is 10.8 Å². The normalized spacial score (nSPS) is 22.2. The van der Waals surface area contributed by atoms with E-state index in [9.17, 15) is 9.59 Å². The minimum absolute atomic E-state index is 0.132. The Labute approximate surface area is 267 Å². The molecule has 0 saturated heterocycles. The number of rotatable bonds is 7. The van der Waals surface area contributed by atoms with Crippen LogP contribution in [-0.4, -0.2) is 29.1 Å². The summed E-state index contributed by atoms with van der Waals surface area (Å²) in [6.45, 7) is 11.6. The number of carbonyl (C=O) groups excluding carboxylic acids is 2. The first-order valence-corrected chi connectivity index (χ1v) is 16.8. The molecule has 0 N–H and O–H groups in total. The lowest BCUT2D eigenvalue weighted by molar-refractivity contribution is -0.119. The Bertz CT molecular complexity index is 1470. The summed E-state index contributed by atoms with van der Waals surface area (Å²) in [7, 11) is 0. The average molecular weight is 616 g/mol. The van der Waals surface area contributed by atoms with Crippen LogP contribution in [0.15, 0.2) is 65.0 Å². The van der Waals surface area contributed by atoms with Crippen LogP contribution in [0.25, 0.3) is 0 Å². The van der Waals surface area contributed by atoms with Crippen molar-refractivity contribution in [3.05, 3.63) is 81.2 Å². The monoisotopic (exact) mass is 615 g/mol. The lowest BCUT2D eigenvalue weighted by Gasteiger charge is -2.52.